The summed E-state index contributed by atoms with van der Waals surface area (Å²) in [6.07, 6.45) is 8.19. The standard InChI is InChI=1S/C19H17N5OS/c1-2-6-13(7-3-1)10-21-25-11-16-22-18-17-14-8-4-5-9-15(14)26-19(17)20-12-24(18)23-16/h1-3,6-7,10,12H,4-5,8-9,11H2/b21-10-. The van der Waals surface area contributed by atoms with Crippen molar-refractivity contribution in [3.63, 3.8) is 0 Å². The Morgan fingerprint density at radius 2 is 2.08 bits per heavy atom. The number of thiophene rings is 1. The van der Waals surface area contributed by atoms with E-state index in [0.29, 0.717) is 5.82 Å². The highest BCUT2D eigenvalue weighted by Gasteiger charge is 2.20. The maximum Gasteiger partial charge on any atom is 0.192 e. The average molecular weight is 363 g/mol. The number of nitrogens with zero attached hydrogens (tertiary/aromatic N) is 5. The maximum atomic E-state index is 5.37. The van der Waals surface area contributed by atoms with E-state index in [0.717, 1.165) is 28.9 Å². The molecule has 3 heterocycles. The van der Waals surface area contributed by atoms with E-state index in [4.69, 9.17) is 4.84 Å². The van der Waals surface area contributed by atoms with Gasteiger partial charge < -0.3 is 4.84 Å². The molecule has 3 aromatic heterocycles. The summed E-state index contributed by atoms with van der Waals surface area (Å²) in [5.74, 6) is 0.611. The Hall–Kier alpha value is -2.80. The van der Waals surface area contributed by atoms with Crippen molar-refractivity contribution in [2.45, 2.75) is 32.3 Å². The largest absolute Gasteiger partial charge is 0.387 e. The van der Waals surface area contributed by atoms with E-state index in [1.807, 2.05) is 30.3 Å². The molecule has 1 aliphatic carbocycles. The third-order valence-corrected chi connectivity index (χ3v) is 5.81. The number of fused-ring (bicyclic) bond motifs is 5. The van der Waals surface area contributed by atoms with Gasteiger partial charge in [-0.05, 0) is 36.8 Å². The van der Waals surface area contributed by atoms with Gasteiger partial charge in [0.05, 0.1) is 11.6 Å². The molecular weight excluding hydrogens is 346 g/mol. The summed E-state index contributed by atoms with van der Waals surface area (Å²) in [4.78, 5) is 17.2. The Kier molecular flexibility index (Phi) is 3.86. The molecular formula is C19H17N5OS. The smallest absolute Gasteiger partial charge is 0.192 e. The van der Waals surface area contributed by atoms with E-state index in [1.165, 1.54) is 28.7 Å². The number of oxime groups is 1. The van der Waals surface area contributed by atoms with Gasteiger partial charge in [0, 0.05) is 4.88 Å². The van der Waals surface area contributed by atoms with Crippen molar-refractivity contribution >= 4 is 33.4 Å². The van der Waals surface area contributed by atoms with Gasteiger partial charge in [-0.1, -0.05) is 35.5 Å². The van der Waals surface area contributed by atoms with E-state index in [2.05, 4.69) is 20.2 Å². The molecule has 26 heavy (non-hydrogen) atoms. The number of rotatable bonds is 4. The maximum absolute atomic E-state index is 5.37. The van der Waals surface area contributed by atoms with Crippen LogP contribution in [0, 0.1) is 0 Å². The number of aromatic nitrogens is 4. The summed E-state index contributed by atoms with van der Waals surface area (Å²) in [6, 6.07) is 9.84. The Morgan fingerprint density at radius 3 is 3.00 bits per heavy atom. The number of hydrogen-bond donors (Lipinski definition) is 0. The van der Waals surface area contributed by atoms with E-state index < -0.39 is 0 Å². The van der Waals surface area contributed by atoms with E-state index >= 15 is 0 Å². The lowest BCUT2D eigenvalue weighted by Gasteiger charge is -2.09. The van der Waals surface area contributed by atoms with Crippen molar-refractivity contribution in [3.05, 3.63) is 58.5 Å². The van der Waals surface area contributed by atoms with Gasteiger partial charge in [-0.3, -0.25) is 0 Å². The second-order valence-electron chi connectivity index (χ2n) is 6.35. The Balaban J connectivity index is 1.42. The van der Waals surface area contributed by atoms with Crippen LogP contribution in [0.4, 0.5) is 0 Å². The van der Waals surface area contributed by atoms with Crippen molar-refractivity contribution < 1.29 is 4.84 Å². The van der Waals surface area contributed by atoms with Crippen LogP contribution in [0.25, 0.3) is 15.9 Å². The van der Waals surface area contributed by atoms with Crippen LogP contribution in [0.2, 0.25) is 0 Å². The van der Waals surface area contributed by atoms with E-state index in [-0.39, 0.29) is 6.61 Å². The minimum Gasteiger partial charge on any atom is -0.387 e. The topological polar surface area (TPSA) is 64.7 Å². The second kappa shape index (κ2) is 6.49. The van der Waals surface area contributed by atoms with Gasteiger partial charge in [0.25, 0.3) is 0 Å². The normalized spacial score (nSPS) is 14.3. The molecule has 0 saturated heterocycles. The number of benzene rings is 1. The molecule has 130 valence electrons. The van der Waals surface area contributed by atoms with Crippen LogP contribution in [0.1, 0.15) is 34.7 Å². The number of aryl methyl sites for hydroxylation is 2. The summed E-state index contributed by atoms with van der Waals surface area (Å²) in [6.45, 7) is 0.235. The highest BCUT2D eigenvalue weighted by molar-refractivity contribution is 7.19. The first-order valence-corrected chi connectivity index (χ1v) is 9.55. The molecule has 0 fully saturated rings. The monoisotopic (exact) mass is 363 g/mol. The zero-order valence-electron chi connectivity index (χ0n) is 14.1. The van der Waals surface area contributed by atoms with Crippen LogP contribution in [0.15, 0.2) is 41.8 Å². The van der Waals surface area contributed by atoms with Gasteiger partial charge in [0.1, 0.15) is 11.2 Å². The molecule has 0 amide bonds. The van der Waals surface area contributed by atoms with Crippen molar-refractivity contribution in [1.82, 2.24) is 19.6 Å². The molecule has 4 aromatic rings. The molecule has 0 radical (unpaired) electrons. The molecule has 0 saturated carbocycles. The molecule has 0 N–H and O–H groups in total. The fourth-order valence-corrected chi connectivity index (χ4v) is 4.62. The van der Waals surface area contributed by atoms with Gasteiger partial charge in [0.15, 0.2) is 18.1 Å². The molecule has 7 heteroatoms. The molecule has 0 aliphatic heterocycles. The molecule has 0 bridgehead atoms. The molecule has 1 aliphatic rings. The summed E-state index contributed by atoms with van der Waals surface area (Å²) < 4.78 is 1.75. The third-order valence-electron chi connectivity index (χ3n) is 4.61. The van der Waals surface area contributed by atoms with Crippen LogP contribution in [0.5, 0.6) is 0 Å². The molecule has 0 unspecified atom stereocenters. The Bertz CT molecular complexity index is 1100. The molecule has 0 spiro atoms. The van der Waals surface area contributed by atoms with Crippen LogP contribution < -0.4 is 0 Å². The van der Waals surface area contributed by atoms with E-state index in [1.54, 1.807) is 28.4 Å². The zero-order valence-corrected chi connectivity index (χ0v) is 14.9. The first-order chi connectivity index (χ1) is 12.9. The highest BCUT2D eigenvalue weighted by atomic mass is 32.1. The summed E-state index contributed by atoms with van der Waals surface area (Å²) in [7, 11) is 0. The van der Waals surface area contributed by atoms with Crippen molar-refractivity contribution in [2.24, 2.45) is 5.16 Å². The highest BCUT2D eigenvalue weighted by Crippen LogP contribution is 2.36. The minimum atomic E-state index is 0.235. The lowest BCUT2D eigenvalue weighted by molar-refractivity contribution is 0.126. The van der Waals surface area contributed by atoms with Crippen LogP contribution in [-0.4, -0.2) is 25.8 Å². The van der Waals surface area contributed by atoms with Crippen molar-refractivity contribution in [2.75, 3.05) is 0 Å². The van der Waals surface area contributed by atoms with E-state index in [9.17, 15) is 0 Å². The SMILES string of the molecule is C(=N/OCc1nc2c3c4c(sc3ncn2n1)CCCC4)/c1ccccc1. The molecule has 0 atom stereocenters. The fourth-order valence-electron chi connectivity index (χ4n) is 3.39. The first-order valence-electron chi connectivity index (χ1n) is 8.73. The molecule has 5 rings (SSSR count). The Labute approximate surface area is 154 Å². The van der Waals surface area contributed by atoms with Crippen LogP contribution in [0.3, 0.4) is 0 Å². The minimum absolute atomic E-state index is 0.235. The van der Waals surface area contributed by atoms with Crippen molar-refractivity contribution in [3.8, 4) is 0 Å². The predicted molar refractivity (Wildman–Crippen MR) is 102 cm³/mol. The van der Waals surface area contributed by atoms with Gasteiger partial charge in [-0.2, -0.15) is 0 Å². The molecule has 6 nitrogen and oxygen atoms in total. The third kappa shape index (κ3) is 2.74. The quantitative estimate of drug-likeness (QED) is 0.409. The van der Waals surface area contributed by atoms with Gasteiger partial charge >= 0.3 is 0 Å². The number of hydrogen-bond acceptors (Lipinski definition) is 6. The first kappa shape index (κ1) is 15.5. The lowest BCUT2D eigenvalue weighted by Crippen LogP contribution is -1.99. The summed E-state index contributed by atoms with van der Waals surface area (Å²) in [5.41, 5.74) is 3.28. The lowest BCUT2D eigenvalue weighted by atomic mass is 9.97. The Morgan fingerprint density at radius 1 is 1.19 bits per heavy atom. The molecule has 1 aromatic carbocycles. The summed E-state index contributed by atoms with van der Waals surface area (Å²) >= 11 is 1.80. The van der Waals surface area contributed by atoms with Gasteiger partial charge in [-0.25, -0.2) is 14.5 Å². The average Bonchev–Trinajstić information content (AvgIpc) is 3.26. The van der Waals surface area contributed by atoms with Crippen LogP contribution in [-0.2, 0) is 24.3 Å². The predicted octanol–water partition coefficient (Wildman–Crippen LogP) is 3.77. The fraction of sp³-hybridized carbons (Fsp3) is 0.263. The van der Waals surface area contributed by atoms with Crippen LogP contribution >= 0.6 is 11.3 Å². The van der Waals surface area contributed by atoms with Crippen molar-refractivity contribution in [1.29, 1.82) is 0 Å². The van der Waals surface area contributed by atoms with Gasteiger partial charge in [0.2, 0.25) is 0 Å². The van der Waals surface area contributed by atoms with Gasteiger partial charge in [-0.15, -0.1) is 16.4 Å². The zero-order chi connectivity index (χ0) is 17.3. The second-order valence-corrected chi connectivity index (χ2v) is 7.43. The summed E-state index contributed by atoms with van der Waals surface area (Å²) in [5, 5.41) is 9.65.